The number of methoxy groups -OCH3 is 1. The largest absolute Gasteiger partial charge is 0.493 e. The van der Waals surface area contributed by atoms with Crippen LogP contribution in [0.1, 0.15) is 19.8 Å². The van der Waals surface area contributed by atoms with E-state index in [4.69, 9.17) is 9.84 Å². The minimum Gasteiger partial charge on any atom is -0.493 e. The second kappa shape index (κ2) is 4.64. The van der Waals surface area contributed by atoms with Crippen molar-refractivity contribution >= 4 is 17.5 Å². The van der Waals surface area contributed by atoms with Gasteiger partial charge in [-0.2, -0.15) is 0 Å². The predicted molar refractivity (Wildman–Crippen MR) is 66.2 cm³/mol. The van der Waals surface area contributed by atoms with Crippen molar-refractivity contribution in [2.45, 2.75) is 19.8 Å². The number of rotatable bonds is 3. The molecule has 1 N–H and O–H groups in total. The minimum atomic E-state index is -1.02. The number of carboxylic acids is 1. The van der Waals surface area contributed by atoms with Gasteiger partial charge >= 0.3 is 5.97 Å². The number of ether oxygens (including phenoxy) is 1. The summed E-state index contributed by atoms with van der Waals surface area (Å²) in [7, 11) is 1.34. The highest BCUT2D eigenvalue weighted by Crippen LogP contribution is 2.48. The zero-order valence-corrected chi connectivity index (χ0v) is 10.9. The molecule has 2 rings (SSSR count). The quantitative estimate of drug-likeness (QED) is 0.778. The number of aliphatic carboxylic acids is 1. The highest BCUT2D eigenvalue weighted by atomic mass is 16.5. The molecule has 2 aliphatic rings. The number of carbonyl (C=O) groups is 3. The molecule has 102 valence electrons. The van der Waals surface area contributed by atoms with Gasteiger partial charge in [-0.15, -0.1) is 0 Å². The van der Waals surface area contributed by atoms with E-state index in [1.165, 1.54) is 13.2 Å². The van der Waals surface area contributed by atoms with Crippen LogP contribution in [0.3, 0.4) is 0 Å². The molecule has 0 amide bonds. The van der Waals surface area contributed by atoms with E-state index in [0.717, 1.165) is 0 Å². The molecule has 0 aromatic rings. The lowest BCUT2D eigenvalue weighted by Crippen LogP contribution is -2.50. The van der Waals surface area contributed by atoms with E-state index in [1.807, 2.05) is 0 Å². The summed E-state index contributed by atoms with van der Waals surface area (Å²) in [5, 5.41) is 8.97. The Hall–Kier alpha value is -1.91. The first kappa shape index (κ1) is 13.5. The molecule has 0 aromatic carbocycles. The van der Waals surface area contributed by atoms with E-state index in [-0.39, 0.29) is 23.7 Å². The monoisotopic (exact) mass is 264 g/mol. The number of hydrogen-bond acceptors (Lipinski definition) is 4. The van der Waals surface area contributed by atoms with Gasteiger partial charge in [0.1, 0.15) is 0 Å². The summed E-state index contributed by atoms with van der Waals surface area (Å²) in [6, 6.07) is 0. The molecule has 0 fully saturated rings. The van der Waals surface area contributed by atoms with E-state index in [0.29, 0.717) is 6.42 Å². The number of carboxylic acid groups (broad SMARTS) is 1. The lowest BCUT2D eigenvalue weighted by molar-refractivity contribution is -0.146. The lowest BCUT2D eigenvalue weighted by atomic mass is 9.57. The fourth-order valence-corrected chi connectivity index (χ4v) is 3.00. The second-order valence-electron chi connectivity index (χ2n) is 5.15. The Kier molecular flexibility index (Phi) is 3.30. The maximum absolute atomic E-state index is 12.5. The molecule has 0 saturated heterocycles. The van der Waals surface area contributed by atoms with Crippen LogP contribution < -0.4 is 0 Å². The van der Waals surface area contributed by atoms with Crippen molar-refractivity contribution in [1.29, 1.82) is 0 Å². The van der Waals surface area contributed by atoms with Gasteiger partial charge in [0.15, 0.2) is 11.5 Å². The highest BCUT2D eigenvalue weighted by Gasteiger charge is 2.54. The third kappa shape index (κ3) is 1.99. The number of Topliss-reactive ketones (excluding diaryl/α,β-unsaturated/α-hetero) is 1. The molecule has 0 heterocycles. The molecule has 3 atom stereocenters. The number of hydrogen-bond donors (Lipinski definition) is 1. The summed E-state index contributed by atoms with van der Waals surface area (Å²) in [6.45, 7) is 1.67. The Labute approximate surface area is 110 Å². The Morgan fingerprint density at radius 2 is 2.21 bits per heavy atom. The van der Waals surface area contributed by atoms with Gasteiger partial charge in [-0.25, -0.2) is 0 Å². The Balaban J connectivity index is 2.48. The van der Waals surface area contributed by atoms with Gasteiger partial charge in [0.05, 0.1) is 18.9 Å². The smallest absolute Gasteiger partial charge is 0.303 e. The van der Waals surface area contributed by atoms with Crippen LogP contribution in [0.2, 0.25) is 0 Å². The van der Waals surface area contributed by atoms with Crippen LogP contribution in [0.4, 0.5) is 0 Å². The molecule has 19 heavy (non-hydrogen) atoms. The van der Waals surface area contributed by atoms with Crippen LogP contribution in [0, 0.1) is 17.3 Å². The molecule has 0 spiro atoms. The van der Waals surface area contributed by atoms with E-state index in [9.17, 15) is 14.4 Å². The van der Waals surface area contributed by atoms with Gasteiger partial charge in [-0.3, -0.25) is 14.4 Å². The van der Waals surface area contributed by atoms with Crippen molar-refractivity contribution in [3.05, 3.63) is 24.0 Å². The second-order valence-corrected chi connectivity index (χ2v) is 5.15. The van der Waals surface area contributed by atoms with Gasteiger partial charge in [-0.05, 0) is 6.42 Å². The van der Waals surface area contributed by atoms with E-state index < -0.39 is 23.2 Å². The standard InChI is InChI=1S/C14H16O5/c1-14-8(6-12(16)17)4-3-5-9(14)10(15)7-11(19-2)13(14)18/h3-4,7-9H,5-6H2,1-2H3,(H,16,17)/t8-,9-,14+/m1/s1. The van der Waals surface area contributed by atoms with Crippen LogP contribution in [-0.2, 0) is 19.1 Å². The third-order valence-electron chi connectivity index (χ3n) is 4.18. The normalized spacial score (nSPS) is 33.7. The van der Waals surface area contributed by atoms with Crippen molar-refractivity contribution in [3.8, 4) is 0 Å². The predicted octanol–water partition coefficient (Wildman–Crippen LogP) is 1.34. The fourth-order valence-electron chi connectivity index (χ4n) is 3.00. The summed E-state index contributed by atoms with van der Waals surface area (Å²) in [5.41, 5.74) is -1.02. The minimum absolute atomic E-state index is 0.0226. The van der Waals surface area contributed by atoms with Gasteiger partial charge in [-0.1, -0.05) is 19.1 Å². The summed E-state index contributed by atoms with van der Waals surface area (Å²) in [6.07, 6.45) is 5.04. The lowest BCUT2D eigenvalue weighted by Gasteiger charge is -2.44. The molecule has 0 saturated carbocycles. The fraction of sp³-hybridized carbons (Fsp3) is 0.500. The molecule has 5 heteroatoms. The third-order valence-corrected chi connectivity index (χ3v) is 4.18. The van der Waals surface area contributed by atoms with Gasteiger partial charge in [0, 0.05) is 17.9 Å². The van der Waals surface area contributed by atoms with Crippen molar-refractivity contribution in [1.82, 2.24) is 0 Å². The maximum atomic E-state index is 12.5. The SMILES string of the molecule is COC1=CC(=O)[C@H]2CC=C[C@H](CC(=O)O)[C@]2(C)C1=O. The Morgan fingerprint density at radius 1 is 1.53 bits per heavy atom. The number of ketones is 2. The number of allylic oxidation sites excluding steroid dienone is 4. The maximum Gasteiger partial charge on any atom is 0.303 e. The van der Waals surface area contributed by atoms with Crippen LogP contribution in [-0.4, -0.2) is 29.8 Å². The van der Waals surface area contributed by atoms with Gasteiger partial charge in [0.25, 0.3) is 0 Å². The Morgan fingerprint density at radius 3 is 2.79 bits per heavy atom. The average Bonchev–Trinajstić information content (AvgIpc) is 2.35. The van der Waals surface area contributed by atoms with Crippen molar-refractivity contribution in [2.24, 2.45) is 17.3 Å². The van der Waals surface area contributed by atoms with Crippen LogP contribution >= 0.6 is 0 Å². The molecule has 0 aliphatic heterocycles. The van der Waals surface area contributed by atoms with Crippen molar-refractivity contribution < 1.29 is 24.2 Å². The zero-order chi connectivity index (χ0) is 14.2. The first-order valence-electron chi connectivity index (χ1n) is 6.14. The zero-order valence-electron chi connectivity index (χ0n) is 10.9. The Bertz CT molecular complexity index is 502. The molecule has 0 radical (unpaired) electrons. The van der Waals surface area contributed by atoms with E-state index in [1.54, 1.807) is 19.1 Å². The van der Waals surface area contributed by atoms with Crippen molar-refractivity contribution in [3.63, 3.8) is 0 Å². The molecule has 5 nitrogen and oxygen atoms in total. The van der Waals surface area contributed by atoms with Crippen LogP contribution in [0.15, 0.2) is 24.0 Å². The molecular weight excluding hydrogens is 248 g/mol. The van der Waals surface area contributed by atoms with Crippen LogP contribution in [0.25, 0.3) is 0 Å². The number of carbonyl (C=O) groups excluding carboxylic acids is 2. The first-order chi connectivity index (χ1) is 8.91. The molecule has 0 aromatic heterocycles. The topological polar surface area (TPSA) is 80.7 Å². The van der Waals surface area contributed by atoms with Crippen LogP contribution in [0.5, 0.6) is 0 Å². The van der Waals surface area contributed by atoms with Gasteiger partial charge in [0.2, 0.25) is 5.78 Å². The van der Waals surface area contributed by atoms with Crippen molar-refractivity contribution in [2.75, 3.05) is 7.11 Å². The average molecular weight is 264 g/mol. The van der Waals surface area contributed by atoms with E-state index in [2.05, 4.69) is 0 Å². The summed E-state index contributed by atoms with van der Waals surface area (Å²) >= 11 is 0. The molecular formula is C14H16O5. The first-order valence-corrected chi connectivity index (χ1v) is 6.14. The molecule has 0 bridgehead atoms. The summed E-state index contributed by atoms with van der Waals surface area (Å²) in [4.78, 5) is 35.5. The highest BCUT2D eigenvalue weighted by molar-refractivity contribution is 6.12. The summed E-state index contributed by atoms with van der Waals surface area (Å²) < 4.78 is 4.96. The summed E-state index contributed by atoms with van der Waals surface area (Å²) in [5.74, 6) is -2.39. The number of fused-ring (bicyclic) bond motifs is 1. The molecule has 2 aliphatic carbocycles. The van der Waals surface area contributed by atoms with Gasteiger partial charge < -0.3 is 9.84 Å². The molecule has 0 unspecified atom stereocenters. The van der Waals surface area contributed by atoms with E-state index >= 15 is 0 Å².